The lowest BCUT2D eigenvalue weighted by molar-refractivity contribution is 0.0967. The highest BCUT2D eigenvalue weighted by Crippen LogP contribution is 2.32. The van der Waals surface area contributed by atoms with Crippen molar-refractivity contribution >= 4 is 5.78 Å². The molecule has 0 unspecified atom stereocenters. The van der Waals surface area contributed by atoms with Crippen molar-refractivity contribution in [1.29, 1.82) is 0 Å². The number of carbonyl (C=O) groups excluding carboxylic acids is 1. The zero-order valence-electron chi connectivity index (χ0n) is 9.89. The molecule has 2 fully saturated rings. The lowest BCUT2D eigenvalue weighted by Crippen LogP contribution is -2.12. The predicted octanol–water partition coefficient (Wildman–Crippen LogP) is 3.00. The molecule has 90 valence electrons. The van der Waals surface area contributed by atoms with Gasteiger partial charge in [0.15, 0.2) is 5.78 Å². The summed E-state index contributed by atoms with van der Waals surface area (Å²) in [4.78, 5) is 16.0. The Balaban J connectivity index is 1.64. The van der Waals surface area contributed by atoms with Crippen LogP contribution >= 0.6 is 0 Å². The first kappa shape index (κ1) is 10.8. The van der Waals surface area contributed by atoms with Gasteiger partial charge in [-0.05, 0) is 44.6 Å². The SMILES string of the molecule is O=C(c1ccc(OC2CCCC2)nc1)C1CC1. The van der Waals surface area contributed by atoms with Crippen LogP contribution < -0.4 is 4.74 Å². The molecule has 0 bridgehead atoms. The van der Waals surface area contributed by atoms with Gasteiger partial charge in [0, 0.05) is 23.7 Å². The first-order chi connectivity index (χ1) is 8.33. The molecule has 0 aromatic carbocycles. The van der Waals surface area contributed by atoms with Crippen LogP contribution in [0.15, 0.2) is 18.3 Å². The average Bonchev–Trinajstić information content (AvgIpc) is 3.09. The number of ether oxygens (including phenoxy) is 1. The Labute approximate surface area is 101 Å². The zero-order chi connectivity index (χ0) is 11.7. The molecule has 0 aliphatic heterocycles. The Hall–Kier alpha value is -1.38. The second-order valence-corrected chi connectivity index (χ2v) is 5.05. The number of ketones is 1. The Bertz CT molecular complexity index is 403. The summed E-state index contributed by atoms with van der Waals surface area (Å²) < 4.78 is 5.76. The first-order valence-electron chi connectivity index (χ1n) is 6.50. The van der Waals surface area contributed by atoms with Gasteiger partial charge in [0.05, 0.1) is 0 Å². The van der Waals surface area contributed by atoms with Gasteiger partial charge in [0.25, 0.3) is 0 Å². The van der Waals surface area contributed by atoms with Crippen molar-refractivity contribution in [1.82, 2.24) is 4.98 Å². The van der Waals surface area contributed by atoms with Gasteiger partial charge < -0.3 is 4.74 Å². The van der Waals surface area contributed by atoms with E-state index >= 15 is 0 Å². The van der Waals surface area contributed by atoms with Gasteiger partial charge in [0.1, 0.15) is 6.10 Å². The number of pyridine rings is 1. The normalized spacial score (nSPS) is 20.5. The fourth-order valence-corrected chi connectivity index (χ4v) is 2.35. The van der Waals surface area contributed by atoms with E-state index in [9.17, 15) is 4.79 Å². The molecule has 0 amide bonds. The van der Waals surface area contributed by atoms with E-state index in [1.807, 2.05) is 12.1 Å². The fraction of sp³-hybridized carbons (Fsp3) is 0.571. The molecule has 0 atom stereocenters. The van der Waals surface area contributed by atoms with Gasteiger partial charge in [0.2, 0.25) is 5.88 Å². The molecule has 1 aromatic rings. The van der Waals surface area contributed by atoms with E-state index in [0.717, 1.165) is 31.2 Å². The summed E-state index contributed by atoms with van der Waals surface area (Å²) in [7, 11) is 0. The number of Topliss-reactive ketones (excluding diaryl/α,β-unsaturated/α-hetero) is 1. The number of rotatable bonds is 4. The van der Waals surface area contributed by atoms with E-state index in [1.54, 1.807) is 6.20 Å². The molecule has 1 heterocycles. The Morgan fingerprint density at radius 3 is 2.53 bits per heavy atom. The summed E-state index contributed by atoms with van der Waals surface area (Å²) >= 11 is 0. The maximum absolute atomic E-state index is 11.8. The molecule has 17 heavy (non-hydrogen) atoms. The molecule has 3 heteroatoms. The van der Waals surface area contributed by atoms with Crippen LogP contribution in [0.2, 0.25) is 0 Å². The minimum Gasteiger partial charge on any atom is -0.474 e. The quantitative estimate of drug-likeness (QED) is 0.748. The monoisotopic (exact) mass is 231 g/mol. The third-order valence-corrected chi connectivity index (χ3v) is 3.56. The van der Waals surface area contributed by atoms with Gasteiger partial charge in [-0.2, -0.15) is 0 Å². The maximum atomic E-state index is 11.8. The van der Waals surface area contributed by atoms with Crippen molar-refractivity contribution in [2.75, 3.05) is 0 Å². The standard InChI is InChI=1S/C14H17NO2/c16-14(10-5-6-10)11-7-8-13(15-9-11)17-12-3-1-2-4-12/h7-10,12H,1-6H2. The van der Waals surface area contributed by atoms with E-state index < -0.39 is 0 Å². The van der Waals surface area contributed by atoms with Crippen LogP contribution in [0.3, 0.4) is 0 Å². The Morgan fingerprint density at radius 2 is 1.94 bits per heavy atom. The third kappa shape index (κ3) is 2.48. The second kappa shape index (κ2) is 4.47. The molecule has 0 saturated heterocycles. The second-order valence-electron chi connectivity index (χ2n) is 5.05. The minimum atomic E-state index is 0.241. The lowest BCUT2D eigenvalue weighted by Gasteiger charge is -2.11. The zero-order valence-corrected chi connectivity index (χ0v) is 9.89. The van der Waals surface area contributed by atoms with Crippen LogP contribution in [0.5, 0.6) is 5.88 Å². The molecule has 2 aliphatic rings. The smallest absolute Gasteiger partial charge is 0.213 e. The summed E-state index contributed by atoms with van der Waals surface area (Å²) in [6.07, 6.45) is 8.83. The first-order valence-corrected chi connectivity index (χ1v) is 6.50. The summed E-state index contributed by atoms with van der Waals surface area (Å²) in [5, 5.41) is 0. The lowest BCUT2D eigenvalue weighted by atomic mass is 10.1. The van der Waals surface area contributed by atoms with Crippen molar-refractivity contribution in [3.8, 4) is 5.88 Å². The van der Waals surface area contributed by atoms with Crippen molar-refractivity contribution < 1.29 is 9.53 Å². The van der Waals surface area contributed by atoms with E-state index in [0.29, 0.717) is 12.0 Å². The Morgan fingerprint density at radius 1 is 1.18 bits per heavy atom. The van der Waals surface area contributed by atoms with Gasteiger partial charge in [-0.3, -0.25) is 4.79 Å². The van der Waals surface area contributed by atoms with Gasteiger partial charge in [-0.1, -0.05) is 0 Å². The summed E-state index contributed by atoms with van der Waals surface area (Å²) in [5.41, 5.74) is 0.728. The number of hydrogen-bond acceptors (Lipinski definition) is 3. The minimum absolute atomic E-state index is 0.241. The van der Waals surface area contributed by atoms with Crippen LogP contribution in [-0.4, -0.2) is 16.9 Å². The summed E-state index contributed by atoms with van der Waals surface area (Å²) in [6, 6.07) is 3.67. The summed E-state index contributed by atoms with van der Waals surface area (Å²) in [5.74, 6) is 1.16. The van der Waals surface area contributed by atoms with Crippen LogP contribution in [0, 0.1) is 5.92 Å². The molecular weight excluding hydrogens is 214 g/mol. The van der Waals surface area contributed by atoms with Crippen molar-refractivity contribution in [3.63, 3.8) is 0 Å². The highest BCUT2D eigenvalue weighted by Gasteiger charge is 2.30. The Kier molecular flexibility index (Phi) is 2.83. The molecule has 3 nitrogen and oxygen atoms in total. The number of hydrogen-bond donors (Lipinski definition) is 0. The largest absolute Gasteiger partial charge is 0.474 e. The molecule has 1 aromatic heterocycles. The fourth-order valence-electron chi connectivity index (χ4n) is 2.35. The predicted molar refractivity (Wildman–Crippen MR) is 64.2 cm³/mol. The molecule has 0 radical (unpaired) electrons. The van der Waals surface area contributed by atoms with E-state index in [1.165, 1.54) is 12.8 Å². The van der Waals surface area contributed by atoms with Crippen molar-refractivity contribution in [2.24, 2.45) is 5.92 Å². The number of nitrogens with zero attached hydrogens (tertiary/aromatic N) is 1. The van der Waals surface area contributed by atoms with E-state index in [-0.39, 0.29) is 11.7 Å². The molecular formula is C14H17NO2. The van der Waals surface area contributed by atoms with Crippen LogP contribution in [0.25, 0.3) is 0 Å². The highest BCUT2D eigenvalue weighted by molar-refractivity contribution is 5.99. The van der Waals surface area contributed by atoms with Crippen molar-refractivity contribution in [3.05, 3.63) is 23.9 Å². The van der Waals surface area contributed by atoms with Gasteiger partial charge in [-0.15, -0.1) is 0 Å². The number of carbonyl (C=O) groups is 1. The molecule has 0 spiro atoms. The van der Waals surface area contributed by atoms with Crippen molar-refractivity contribution in [2.45, 2.75) is 44.6 Å². The maximum Gasteiger partial charge on any atom is 0.213 e. The average molecular weight is 231 g/mol. The molecule has 0 N–H and O–H groups in total. The van der Waals surface area contributed by atoms with Crippen LogP contribution in [0.1, 0.15) is 48.9 Å². The van der Waals surface area contributed by atoms with Gasteiger partial charge >= 0.3 is 0 Å². The molecule has 3 rings (SSSR count). The topological polar surface area (TPSA) is 39.2 Å². The highest BCUT2D eigenvalue weighted by atomic mass is 16.5. The van der Waals surface area contributed by atoms with E-state index in [4.69, 9.17) is 4.74 Å². The summed E-state index contributed by atoms with van der Waals surface area (Å²) in [6.45, 7) is 0. The third-order valence-electron chi connectivity index (χ3n) is 3.56. The van der Waals surface area contributed by atoms with E-state index in [2.05, 4.69) is 4.98 Å². The van der Waals surface area contributed by atoms with Crippen LogP contribution in [0.4, 0.5) is 0 Å². The molecule has 2 aliphatic carbocycles. The van der Waals surface area contributed by atoms with Crippen LogP contribution in [-0.2, 0) is 0 Å². The molecule has 2 saturated carbocycles. The number of aromatic nitrogens is 1. The van der Waals surface area contributed by atoms with Gasteiger partial charge in [-0.25, -0.2) is 4.98 Å².